The molecule has 0 bridgehead atoms. The zero-order valence-electron chi connectivity index (χ0n) is 13.9. The highest BCUT2D eigenvalue weighted by molar-refractivity contribution is 6.45. The summed E-state index contributed by atoms with van der Waals surface area (Å²) in [5.74, 6) is -4.72. The standard InChI is InChI=1S/C20H14O6/c1-9(21)26-13-8-4-7-12-14(13)20(25)16-15(19(12)24)17(22)10-5-2-3-6-11(10)18(16)23/h2-6,8,12-14H,7H2,1H3/t12-,13+,14-/m0/s1. The zero-order valence-corrected chi connectivity index (χ0v) is 13.9. The van der Waals surface area contributed by atoms with E-state index in [-0.39, 0.29) is 28.7 Å². The van der Waals surface area contributed by atoms with Gasteiger partial charge in [-0.3, -0.25) is 24.0 Å². The largest absolute Gasteiger partial charge is 0.458 e. The number of allylic oxidation sites excluding steroid dienone is 3. The molecule has 0 aliphatic heterocycles. The van der Waals surface area contributed by atoms with Gasteiger partial charge in [-0.05, 0) is 12.5 Å². The number of esters is 1. The predicted octanol–water partition coefficient (Wildman–Crippen LogP) is 1.64. The van der Waals surface area contributed by atoms with E-state index < -0.39 is 47.0 Å². The SMILES string of the molecule is CC(=O)O[C@@H]1C=CC[C@@H]2C(=O)C3=C(C(=O)c4ccccc4C3=O)C(=O)[C@@H]21. The maximum absolute atomic E-state index is 13.1. The van der Waals surface area contributed by atoms with Crippen LogP contribution in [0.3, 0.4) is 0 Å². The highest BCUT2D eigenvalue weighted by Crippen LogP contribution is 2.41. The van der Waals surface area contributed by atoms with Crippen molar-refractivity contribution >= 4 is 29.1 Å². The van der Waals surface area contributed by atoms with Crippen molar-refractivity contribution in [2.45, 2.75) is 19.4 Å². The van der Waals surface area contributed by atoms with Gasteiger partial charge < -0.3 is 4.74 Å². The van der Waals surface area contributed by atoms with Gasteiger partial charge in [-0.25, -0.2) is 0 Å². The summed E-state index contributed by atoms with van der Waals surface area (Å²) < 4.78 is 5.17. The molecular weight excluding hydrogens is 336 g/mol. The van der Waals surface area contributed by atoms with E-state index in [2.05, 4.69) is 0 Å². The van der Waals surface area contributed by atoms with Crippen molar-refractivity contribution in [3.8, 4) is 0 Å². The van der Waals surface area contributed by atoms with Crippen LogP contribution in [-0.2, 0) is 19.1 Å². The number of hydrogen-bond acceptors (Lipinski definition) is 6. The molecule has 0 N–H and O–H groups in total. The summed E-state index contributed by atoms with van der Waals surface area (Å²) in [4.78, 5) is 63.1. The first-order chi connectivity index (χ1) is 12.4. The minimum absolute atomic E-state index is 0.117. The number of Topliss-reactive ketones (excluding diaryl/α,β-unsaturated/α-hetero) is 4. The Balaban J connectivity index is 1.87. The number of fused-ring (bicyclic) bond motifs is 2. The molecule has 130 valence electrons. The van der Waals surface area contributed by atoms with Gasteiger partial charge in [0.1, 0.15) is 6.10 Å². The summed E-state index contributed by atoms with van der Waals surface area (Å²) in [6.45, 7) is 1.21. The fourth-order valence-corrected chi connectivity index (χ4v) is 3.96. The molecule has 26 heavy (non-hydrogen) atoms. The van der Waals surface area contributed by atoms with Gasteiger partial charge >= 0.3 is 5.97 Å². The minimum Gasteiger partial charge on any atom is -0.458 e. The van der Waals surface area contributed by atoms with E-state index in [9.17, 15) is 24.0 Å². The van der Waals surface area contributed by atoms with Crippen LogP contribution in [0.1, 0.15) is 34.1 Å². The number of carbonyl (C=O) groups excluding carboxylic acids is 5. The Kier molecular flexibility index (Phi) is 3.57. The van der Waals surface area contributed by atoms with E-state index in [4.69, 9.17) is 4.74 Å². The molecule has 0 saturated carbocycles. The summed E-state index contributed by atoms with van der Waals surface area (Å²) in [5, 5.41) is 0. The Morgan fingerprint density at radius 3 is 2.12 bits per heavy atom. The lowest BCUT2D eigenvalue weighted by molar-refractivity contribution is -0.151. The van der Waals surface area contributed by atoms with E-state index in [1.54, 1.807) is 24.3 Å². The molecule has 0 fully saturated rings. The molecular formula is C20H14O6. The van der Waals surface area contributed by atoms with Crippen LogP contribution in [0.4, 0.5) is 0 Å². The number of carbonyl (C=O) groups is 5. The lowest BCUT2D eigenvalue weighted by atomic mass is 9.64. The number of hydrogen-bond donors (Lipinski definition) is 0. The molecule has 0 radical (unpaired) electrons. The quantitative estimate of drug-likeness (QED) is 0.434. The van der Waals surface area contributed by atoms with Crippen LogP contribution in [0.25, 0.3) is 0 Å². The van der Waals surface area contributed by atoms with Crippen LogP contribution >= 0.6 is 0 Å². The third kappa shape index (κ3) is 2.15. The van der Waals surface area contributed by atoms with Gasteiger partial charge in [-0.1, -0.05) is 30.3 Å². The van der Waals surface area contributed by atoms with Gasteiger partial charge in [0, 0.05) is 24.0 Å². The molecule has 1 aromatic rings. The molecule has 4 rings (SSSR count). The molecule has 0 unspecified atom stereocenters. The minimum atomic E-state index is -0.975. The van der Waals surface area contributed by atoms with Gasteiger partial charge in [0.2, 0.25) is 0 Å². The molecule has 6 heteroatoms. The lowest BCUT2D eigenvalue weighted by Gasteiger charge is -2.37. The molecule has 0 heterocycles. The second kappa shape index (κ2) is 5.69. The second-order valence-corrected chi connectivity index (χ2v) is 6.55. The monoisotopic (exact) mass is 350 g/mol. The number of benzene rings is 1. The first-order valence-electron chi connectivity index (χ1n) is 8.26. The van der Waals surface area contributed by atoms with E-state index in [1.165, 1.54) is 19.1 Å². The highest BCUT2D eigenvalue weighted by Gasteiger charge is 2.53. The molecule has 1 aromatic carbocycles. The number of rotatable bonds is 1. The Morgan fingerprint density at radius 2 is 1.54 bits per heavy atom. The fraction of sp³-hybridized carbons (Fsp3) is 0.250. The average Bonchev–Trinajstić information content (AvgIpc) is 2.62. The fourth-order valence-electron chi connectivity index (χ4n) is 3.96. The number of ketones is 4. The second-order valence-electron chi connectivity index (χ2n) is 6.55. The van der Waals surface area contributed by atoms with Crippen LogP contribution in [0.5, 0.6) is 0 Å². The summed E-state index contributed by atoms with van der Waals surface area (Å²) in [6.07, 6.45) is 2.56. The van der Waals surface area contributed by atoms with Gasteiger partial charge in [0.05, 0.1) is 17.1 Å². The van der Waals surface area contributed by atoms with Crippen LogP contribution in [-0.4, -0.2) is 35.2 Å². The van der Waals surface area contributed by atoms with Crippen molar-refractivity contribution in [1.82, 2.24) is 0 Å². The normalized spacial score (nSPS) is 27.0. The Bertz CT molecular complexity index is 964. The van der Waals surface area contributed by atoms with E-state index in [0.29, 0.717) is 0 Å². The van der Waals surface area contributed by atoms with Crippen LogP contribution in [0.2, 0.25) is 0 Å². The molecule has 3 aliphatic carbocycles. The first-order valence-corrected chi connectivity index (χ1v) is 8.26. The predicted molar refractivity (Wildman–Crippen MR) is 88.4 cm³/mol. The van der Waals surface area contributed by atoms with Crippen LogP contribution in [0, 0.1) is 11.8 Å². The van der Waals surface area contributed by atoms with Crippen molar-refractivity contribution in [3.63, 3.8) is 0 Å². The van der Waals surface area contributed by atoms with Gasteiger partial charge in [0.25, 0.3) is 0 Å². The third-order valence-electron chi connectivity index (χ3n) is 5.06. The molecule has 0 saturated heterocycles. The molecule has 0 spiro atoms. The number of ether oxygens (including phenoxy) is 1. The summed E-state index contributed by atoms with van der Waals surface area (Å²) in [6, 6.07) is 6.14. The smallest absolute Gasteiger partial charge is 0.303 e. The molecule has 0 aromatic heterocycles. The Labute approximate surface area is 148 Å². The summed E-state index contributed by atoms with van der Waals surface area (Å²) >= 11 is 0. The van der Waals surface area contributed by atoms with Crippen molar-refractivity contribution in [2.24, 2.45) is 11.8 Å². The topological polar surface area (TPSA) is 94.6 Å². The van der Waals surface area contributed by atoms with Gasteiger partial charge in [-0.2, -0.15) is 0 Å². The molecule has 3 aliphatic rings. The maximum Gasteiger partial charge on any atom is 0.303 e. The Morgan fingerprint density at radius 1 is 0.962 bits per heavy atom. The van der Waals surface area contributed by atoms with Crippen molar-refractivity contribution in [1.29, 1.82) is 0 Å². The highest BCUT2D eigenvalue weighted by atomic mass is 16.5. The van der Waals surface area contributed by atoms with E-state index in [1.807, 2.05) is 0 Å². The third-order valence-corrected chi connectivity index (χ3v) is 5.06. The van der Waals surface area contributed by atoms with E-state index in [0.717, 1.165) is 0 Å². The van der Waals surface area contributed by atoms with Crippen LogP contribution in [0.15, 0.2) is 47.6 Å². The van der Waals surface area contributed by atoms with Gasteiger partial charge in [0.15, 0.2) is 23.1 Å². The van der Waals surface area contributed by atoms with Crippen molar-refractivity contribution in [3.05, 3.63) is 58.7 Å². The van der Waals surface area contributed by atoms with E-state index >= 15 is 0 Å². The summed E-state index contributed by atoms with van der Waals surface area (Å²) in [5.41, 5.74) is -0.436. The average molecular weight is 350 g/mol. The molecule has 0 amide bonds. The zero-order chi connectivity index (χ0) is 18.6. The maximum atomic E-state index is 13.1. The molecule has 3 atom stereocenters. The van der Waals surface area contributed by atoms with Crippen LogP contribution < -0.4 is 0 Å². The lowest BCUT2D eigenvalue weighted by Crippen LogP contribution is -2.49. The van der Waals surface area contributed by atoms with Crippen molar-refractivity contribution < 1.29 is 28.7 Å². The summed E-state index contributed by atoms with van der Waals surface area (Å²) in [7, 11) is 0. The first kappa shape index (κ1) is 16.3. The Hall–Kier alpha value is -3.15. The van der Waals surface area contributed by atoms with Crippen molar-refractivity contribution in [2.75, 3.05) is 0 Å². The molecule has 6 nitrogen and oxygen atoms in total. The van der Waals surface area contributed by atoms with Gasteiger partial charge in [-0.15, -0.1) is 0 Å².